The smallest absolute Gasteiger partial charge is 0.0374 e. The van der Waals surface area contributed by atoms with Gasteiger partial charge in [0, 0.05) is 11.7 Å². The molecule has 0 spiro atoms. The van der Waals surface area contributed by atoms with Crippen molar-refractivity contribution in [3.8, 4) is 0 Å². The van der Waals surface area contributed by atoms with E-state index in [2.05, 4.69) is 57.3 Å². The van der Waals surface area contributed by atoms with Gasteiger partial charge in [-0.25, -0.2) is 0 Å². The Labute approximate surface area is 100 Å². The van der Waals surface area contributed by atoms with E-state index in [1.165, 1.54) is 24.1 Å². The Morgan fingerprint density at radius 3 is 2.38 bits per heavy atom. The SMILES string of the molecule is CCC(C)Cc1ccccc1NC(C)CC. The van der Waals surface area contributed by atoms with Gasteiger partial charge in [-0.05, 0) is 37.3 Å². The fraction of sp³-hybridized carbons (Fsp3) is 0.600. The number of hydrogen-bond acceptors (Lipinski definition) is 1. The van der Waals surface area contributed by atoms with E-state index < -0.39 is 0 Å². The number of nitrogens with one attached hydrogen (secondary N) is 1. The van der Waals surface area contributed by atoms with Crippen LogP contribution in [0.4, 0.5) is 5.69 Å². The van der Waals surface area contributed by atoms with Gasteiger partial charge in [0.2, 0.25) is 0 Å². The molecule has 0 heterocycles. The van der Waals surface area contributed by atoms with Gasteiger partial charge in [-0.15, -0.1) is 0 Å². The molecule has 0 radical (unpaired) electrons. The van der Waals surface area contributed by atoms with E-state index in [-0.39, 0.29) is 0 Å². The highest BCUT2D eigenvalue weighted by Gasteiger charge is 2.07. The Hall–Kier alpha value is -0.980. The highest BCUT2D eigenvalue weighted by molar-refractivity contribution is 5.51. The fourth-order valence-electron chi connectivity index (χ4n) is 1.73. The third-order valence-electron chi connectivity index (χ3n) is 3.30. The molecule has 1 aromatic carbocycles. The van der Waals surface area contributed by atoms with Crippen molar-refractivity contribution in [1.29, 1.82) is 0 Å². The summed E-state index contributed by atoms with van der Waals surface area (Å²) in [4.78, 5) is 0. The molecule has 1 aromatic rings. The summed E-state index contributed by atoms with van der Waals surface area (Å²) in [6.07, 6.45) is 3.59. The highest BCUT2D eigenvalue weighted by Crippen LogP contribution is 2.21. The van der Waals surface area contributed by atoms with Crippen LogP contribution in [0.3, 0.4) is 0 Å². The monoisotopic (exact) mass is 219 g/mol. The van der Waals surface area contributed by atoms with Crippen LogP contribution in [0, 0.1) is 5.92 Å². The Kier molecular flexibility index (Phi) is 5.37. The standard InChI is InChI=1S/C15H25N/c1-5-12(3)11-14-9-7-8-10-15(14)16-13(4)6-2/h7-10,12-13,16H,5-6,11H2,1-4H3. The molecule has 2 unspecified atom stereocenters. The van der Waals surface area contributed by atoms with E-state index in [1.807, 2.05) is 0 Å². The van der Waals surface area contributed by atoms with E-state index in [4.69, 9.17) is 0 Å². The van der Waals surface area contributed by atoms with Crippen molar-refractivity contribution in [2.45, 2.75) is 53.0 Å². The molecule has 1 heteroatoms. The number of hydrogen-bond donors (Lipinski definition) is 1. The van der Waals surface area contributed by atoms with Gasteiger partial charge < -0.3 is 5.32 Å². The van der Waals surface area contributed by atoms with Crippen LogP contribution in [0.25, 0.3) is 0 Å². The zero-order chi connectivity index (χ0) is 12.0. The molecule has 1 N–H and O–H groups in total. The van der Waals surface area contributed by atoms with Crippen molar-refractivity contribution in [3.63, 3.8) is 0 Å². The Bertz CT molecular complexity index is 275. The van der Waals surface area contributed by atoms with Crippen LogP contribution in [-0.2, 0) is 6.42 Å². The summed E-state index contributed by atoms with van der Waals surface area (Å²) in [6, 6.07) is 9.25. The van der Waals surface area contributed by atoms with Gasteiger partial charge in [0.15, 0.2) is 0 Å². The zero-order valence-corrected chi connectivity index (χ0v) is 11.1. The van der Waals surface area contributed by atoms with Crippen LogP contribution in [0.1, 0.15) is 46.1 Å². The third-order valence-corrected chi connectivity index (χ3v) is 3.30. The van der Waals surface area contributed by atoms with Crippen molar-refractivity contribution >= 4 is 5.69 Å². The number of para-hydroxylation sites is 1. The highest BCUT2D eigenvalue weighted by atomic mass is 14.9. The topological polar surface area (TPSA) is 12.0 Å². The average Bonchev–Trinajstić information content (AvgIpc) is 2.31. The van der Waals surface area contributed by atoms with Gasteiger partial charge in [0.25, 0.3) is 0 Å². The fourth-order valence-corrected chi connectivity index (χ4v) is 1.73. The first-order chi connectivity index (χ1) is 7.67. The molecule has 0 bridgehead atoms. The van der Waals surface area contributed by atoms with E-state index in [0.29, 0.717) is 6.04 Å². The lowest BCUT2D eigenvalue weighted by molar-refractivity contribution is 0.560. The molecular weight excluding hydrogens is 194 g/mol. The Balaban J connectivity index is 2.75. The van der Waals surface area contributed by atoms with Crippen LogP contribution in [-0.4, -0.2) is 6.04 Å². The quantitative estimate of drug-likeness (QED) is 0.743. The summed E-state index contributed by atoms with van der Waals surface area (Å²) in [6.45, 7) is 9.03. The first kappa shape index (κ1) is 13.1. The van der Waals surface area contributed by atoms with Gasteiger partial charge in [0.1, 0.15) is 0 Å². The minimum Gasteiger partial charge on any atom is -0.382 e. The van der Waals surface area contributed by atoms with Gasteiger partial charge in [-0.2, -0.15) is 0 Å². The largest absolute Gasteiger partial charge is 0.382 e. The normalized spacial score (nSPS) is 14.5. The number of rotatable bonds is 6. The van der Waals surface area contributed by atoms with Crippen molar-refractivity contribution < 1.29 is 0 Å². The lowest BCUT2D eigenvalue weighted by atomic mass is 9.97. The Morgan fingerprint density at radius 1 is 1.06 bits per heavy atom. The lowest BCUT2D eigenvalue weighted by Crippen LogP contribution is -2.15. The van der Waals surface area contributed by atoms with Crippen LogP contribution in [0.15, 0.2) is 24.3 Å². The predicted octanol–water partition coefficient (Wildman–Crippen LogP) is 4.49. The van der Waals surface area contributed by atoms with Crippen LogP contribution < -0.4 is 5.32 Å². The summed E-state index contributed by atoms with van der Waals surface area (Å²) in [7, 11) is 0. The molecule has 16 heavy (non-hydrogen) atoms. The summed E-state index contributed by atoms with van der Waals surface area (Å²) in [5, 5.41) is 3.59. The van der Waals surface area contributed by atoms with E-state index in [0.717, 1.165) is 12.3 Å². The van der Waals surface area contributed by atoms with E-state index in [1.54, 1.807) is 0 Å². The molecule has 0 aliphatic heterocycles. The third kappa shape index (κ3) is 3.88. The predicted molar refractivity (Wildman–Crippen MR) is 73.0 cm³/mol. The van der Waals surface area contributed by atoms with Crippen molar-refractivity contribution in [2.24, 2.45) is 5.92 Å². The van der Waals surface area contributed by atoms with Crippen LogP contribution in [0.5, 0.6) is 0 Å². The van der Waals surface area contributed by atoms with Gasteiger partial charge in [-0.3, -0.25) is 0 Å². The second-order valence-corrected chi connectivity index (χ2v) is 4.83. The molecule has 1 rings (SSSR count). The minimum absolute atomic E-state index is 0.554. The number of anilines is 1. The van der Waals surface area contributed by atoms with Crippen LogP contribution >= 0.6 is 0 Å². The summed E-state index contributed by atoms with van der Waals surface area (Å²) < 4.78 is 0. The van der Waals surface area contributed by atoms with Gasteiger partial charge in [-0.1, -0.05) is 45.4 Å². The average molecular weight is 219 g/mol. The van der Waals surface area contributed by atoms with Crippen LogP contribution in [0.2, 0.25) is 0 Å². The number of benzene rings is 1. The molecule has 0 amide bonds. The van der Waals surface area contributed by atoms with E-state index in [9.17, 15) is 0 Å². The van der Waals surface area contributed by atoms with Gasteiger partial charge >= 0.3 is 0 Å². The van der Waals surface area contributed by atoms with Crippen molar-refractivity contribution in [3.05, 3.63) is 29.8 Å². The van der Waals surface area contributed by atoms with Crippen molar-refractivity contribution in [1.82, 2.24) is 0 Å². The maximum atomic E-state index is 3.59. The summed E-state index contributed by atoms with van der Waals surface area (Å²) in [5.41, 5.74) is 2.77. The van der Waals surface area contributed by atoms with Crippen molar-refractivity contribution in [2.75, 3.05) is 5.32 Å². The molecule has 90 valence electrons. The molecule has 0 fully saturated rings. The molecule has 1 nitrogen and oxygen atoms in total. The first-order valence-electron chi connectivity index (χ1n) is 6.51. The maximum absolute atomic E-state index is 3.59. The van der Waals surface area contributed by atoms with Gasteiger partial charge in [0.05, 0.1) is 0 Å². The first-order valence-corrected chi connectivity index (χ1v) is 6.51. The van der Waals surface area contributed by atoms with E-state index >= 15 is 0 Å². The second kappa shape index (κ2) is 6.57. The summed E-state index contributed by atoms with van der Waals surface area (Å²) >= 11 is 0. The molecule has 0 aliphatic rings. The summed E-state index contributed by atoms with van der Waals surface area (Å²) in [5.74, 6) is 0.764. The maximum Gasteiger partial charge on any atom is 0.0374 e. The second-order valence-electron chi connectivity index (χ2n) is 4.83. The molecule has 2 atom stereocenters. The Morgan fingerprint density at radius 2 is 1.75 bits per heavy atom. The zero-order valence-electron chi connectivity index (χ0n) is 11.1. The molecule has 0 saturated heterocycles. The molecule has 0 aromatic heterocycles. The molecule has 0 saturated carbocycles. The minimum atomic E-state index is 0.554. The lowest BCUT2D eigenvalue weighted by Gasteiger charge is -2.18. The molecule has 0 aliphatic carbocycles. The molecular formula is C15H25N.